The molecule has 1 aliphatic carbocycles. The summed E-state index contributed by atoms with van der Waals surface area (Å²) in [5.41, 5.74) is 6.28. The molecule has 0 radical (unpaired) electrons. The molecule has 112 valence electrons. The summed E-state index contributed by atoms with van der Waals surface area (Å²) in [5, 5.41) is 11.1. The normalized spacial score (nSPS) is 14.1. The van der Waals surface area contributed by atoms with Gasteiger partial charge in [-0.25, -0.2) is 0 Å². The average molecular weight is 306 g/mol. The monoisotopic (exact) mass is 306 g/mol. The molecule has 0 unspecified atom stereocenters. The van der Waals surface area contributed by atoms with Crippen molar-refractivity contribution in [3.8, 4) is 0 Å². The predicted octanol–water partition coefficient (Wildman–Crippen LogP) is 1.32. The fourth-order valence-electron chi connectivity index (χ4n) is 2.00. The van der Waals surface area contributed by atoms with Crippen molar-refractivity contribution in [1.29, 1.82) is 0 Å². The third-order valence-electron chi connectivity index (χ3n) is 3.27. The molecule has 2 heterocycles. The minimum absolute atomic E-state index is 0.127. The van der Waals surface area contributed by atoms with Crippen LogP contribution in [0.4, 0.5) is 10.8 Å². The topological polar surface area (TPSA) is 97.9 Å². The zero-order valence-corrected chi connectivity index (χ0v) is 12.4. The molecule has 0 aromatic carbocycles. The third kappa shape index (κ3) is 3.52. The van der Waals surface area contributed by atoms with Gasteiger partial charge in [0.2, 0.25) is 0 Å². The predicted molar refractivity (Wildman–Crippen MR) is 82.3 cm³/mol. The lowest BCUT2D eigenvalue weighted by atomic mass is 10.3. The second-order valence-electron chi connectivity index (χ2n) is 5.07. The molecule has 0 atom stereocenters. The van der Waals surface area contributed by atoms with Crippen LogP contribution < -0.4 is 16.4 Å². The first kappa shape index (κ1) is 13.9. The van der Waals surface area contributed by atoms with Crippen molar-refractivity contribution in [2.24, 2.45) is 0 Å². The summed E-state index contributed by atoms with van der Waals surface area (Å²) in [6, 6.07) is 2.21. The van der Waals surface area contributed by atoms with Gasteiger partial charge in [0.15, 0.2) is 5.82 Å². The number of nitrogens with two attached hydrogens (primary N) is 1. The highest BCUT2D eigenvalue weighted by Gasteiger charge is 2.27. The van der Waals surface area contributed by atoms with Gasteiger partial charge in [0.25, 0.3) is 5.91 Å². The van der Waals surface area contributed by atoms with Gasteiger partial charge < -0.3 is 16.4 Å². The summed E-state index contributed by atoms with van der Waals surface area (Å²) in [6.45, 7) is 1.57. The molecule has 0 aliphatic heterocycles. The Kier molecular flexibility index (Phi) is 4.05. The highest BCUT2D eigenvalue weighted by Crippen LogP contribution is 2.28. The van der Waals surface area contributed by atoms with E-state index in [9.17, 15) is 4.79 Å². The first-order chi connectivity index (χ1) is 10.2. The zero-order valence-electron chi connectivity index (χ0n) is 11.6. The van der Waals surface area contributed by atoms with E-state index in [0.29, 0.717) is 17.4 Å². The summed E-state index contributed by atoms with van der Waals surface area (Å²) in [6.07, 6.45) is 6.70. The standard InChI is InChI=1S/C13H18N6OS/c14-11-10(12(20)17-9-3-4-9)13(21-18-11)15-5-1-7-19-8-2-6-16-19/h2,6,8-9,15H,1,3-5,7H2,(H2,14,18)(H,17,20). The van der Waals surface area contributed by atoms with Gasteiger partial charge in [0.1, 0.15) is 10.6 Å². The van der Waals surface area contributed by atoms with E-state index in [4.69, 9.17) is 5.73 Å². The van der Waals surface area contributed by atoms with Gasteiger partial charge in [-0.3, -0.25) is 9.48 Å². The summed E-state index contributed by atoms with van der Waals surface area (Å²) in [4.78, 5) is 12.1. The minimum Gasteiger partial charge on any atom is -0.382 e. The number of nitrogens with zero attached hydrogens (tertiary/aromatic N) is 3. The summed E-state index contributed by atoms with van der Waals surface area (Å²) in [5.74, 6) is 0.172. The van der Waals surface area contributed by atoms with Crippen LogP contribution in [0.1, 0.15) is 29.6 Å². The summed E-state index contributed by atoms with van der Waals surface area (Å²) >= 11 is 1.23. The van der Waals surface area contributed by atoms with E-state index < -0.39 is 0 Å². The van der Waals surface area contributed by atoms with Gasteiger partial charge >= 0.3 is 0 Å². The Morgan fingerprint density at radius 2 is 2.38 bits per heavy atom. The van der Waals surface area contributed by atoms with Gasteiger partial charge in [-0.1, -0.05) is 0 Å². The quantitative estimate of drug-likeness (QED) is 0.670. The number of hydrogen-bond acceptors (Lipinski definition) is 6. The number of aromatic nitrogens is 3. The number of rotatable bonds is 7. The van der Waals surface area contributed by atoms with E-state index in [0.717, 1.165) is 37.4 Å². The number of carbonyl (C=O) groups excluding carboxylic acids is 1. The molecule has 1 saturated carbocycles. The molecule has 0 bridgehead atoms. The van der Waals surface area contributed by atoms with E-state index in [1.54, 1.807) is 6.20 Å². The van der Waals surface area contributed by atoms with Crippen molar-refractivity contribution in [3.05, 3.63) is 24.0 Å². The molecule has 2 aromatic heterocycles. The fourth-order valence-corrected chi connectivity index (χ4v) is 2.74. The van der Waals surface area contributed by atoms with Crippen molar-refractivity contribution in [3.63, 3.8) is 0 Å². The van der Waals surface area contributed by atoms with Gasteiger partial charge in [0, 0.05) is 31.5 Å². The lowest BCUT2D eigenvalue weighted by Crippen LogP contribution is -2.26. The van der Waals surface area contributed by atoms with Gasteiger partial charge in [0.05, 0.1) is 0 Å². The molecule has 4 N–H and O–H groups in total. The first-order valence-corrected chi connectivity index (χ1v) is 7.78. The maximum atomic E-state index is 12.1. The van der Waals surface area contributed by atoms with E-state index in [-0.39, 0.29) is 5.91 Å². The number of hydrogen-bond donors (Lipinski definition) is 3. The molecule has 21 heavy (non-hydrogen) atoms. The van der Waals surface area contributed by atoms with Crippen molar-refractivity contribution in [2.75, 3.05) is 17.6 Å². The highest BCUT2D eigenvalue weighted by atomic mass is 32.1. The van der Waals surface area contributed by atoms with Crippen LogP contribution in [0.5, 0.6) is 0 Å². The van der Waals surface area contributed by atoms with Crippen molar-refractivity contribution >= 4 is 28.3 Å². The van der Waals surface area contributed by atoms with Crippen LogP contribution in [0.25, 0.3) is 0 Å². The van der Waals surface area contributed by atoms with Gasteiger partial charge in [-0.05, 0) is 36.9 Å². The molecular weight excluding hydrogens is 288 g/mol. The first-order valence-electron chi connectivity index (χ1n) is 7.01. The Hall–Kier alpha value is -2.09. The maximum absolute atomic E-state index is 12.1. The van der Waals surface area contributed by atoms with E-state index in [2.05, 4.69) is 20.1 Å². The zero-order chi connectivity index (χ0) is 14.7. The Morgan fingerprint density at radius 1 is 1.52 bits per heavy atom. The minimum atomic E-state index is -0.127. The van der Waals surface area contributed by atoms with Crippen molar-refractivity contribution < 1.29 is 4.79 Å². The largest absolute Gasteiger partial charge is 0.382 e. The van der Waals surface area contributed by atoms with E-state index in [1.807, 2.05) is 16.9 Å². The molecule has 0 saturated heterocycles. The second kappa shape index (κ2) is 6.13. The number of amides is 1. The molecule has 0 spiro atoms. The number of nitrogens with one attached hydrogen (secondary N) is 2. The lowest BCUT2D eigenvalue weighted by Gasteiger charge is -2.07. The molecule has 1 aliphatic rings. The van der Waals surface area contributed by atoms with Gasteiger partial charge in [-0.2, -0.15) is 9.47 Å². The van der Waals surface area contributed by atoms with Crippen LogP contribution in [0.2, 0.25) is 0 Å². The Labute approximate surface area is 126 Å². The molecule has 2 aromatic rings. The molecular formula is C13H18N6OS. The van der Waals surface area contributed by atoms with Crippen LogP contribution in [0, 0.1) is 0 Å². The molecule has 3 rings (SSSR count). The maximum Gasteiger partial charge on any atom is 0.258 e. The number of carbonyl (C=O) groups is 1. The van der Waals surface area contributed by atoms with Crippen LogP contribution in [-0.4, -0.2) is 32.6 Å². The van der Waals surface area contributed by atoms with Crippen molar-refractivity contribution in [1.82, 2.24) is 19.5 Å². The third-order valence-corrected chi connectivity index (χ3v) is 4.09. The van der Waals surface area contributed by atoms with Gasteiger partial charge in [-0.15, -0.1) is 0 Å². The van der Waals surface area contributed by atoms with Crippen LogP contribution in [0.3, 0.4) is 0 Å². The average Bonchev–Trinajstić information content (AvgIpc) is 2.99. The SMILES string of the molecule is Nc1nsc(NCCCn2cccn2)c1C(=O)NC1CC1. The Bertz CT molecular complexity index is 604. The smallest absolute Gasteiger partial charge is 0.258 e. The fraction of sp³-hybridized carbons (Fsp3) is 0.462. The molecule has 1 amide bonds. The van der Waals surface area contributed by atoms with Crippen molar-refractivity contribution in [2.45, 2.75) is 31.8 Å². The summed E-state index contributed by atoms with van der Waals surface area (Å²) in [7, 11) is 0. The molecule has 1 fully saturated rings. The highest BCUT2D eigenvalue weighted by molar-refractivity contribution is 7.11. The molecule has 7 nitrogen and oxygen atoms in total. The lowest BCUT2D eigenvalue weighted by molar-refractivity contribution is 0.0953. The second-order valence-corrected chi connectivity index (χ2v) is 5.84. The Balaban J connectivity index is 1.53. The van der Waals surface area contributed by atoms with Crippen LogP contribution >= 0.6 is 11.5 Å². The summed E-state index contributed by atoms with van der Waals surface area (Å²) < 4.78 is 5.95. The molecule has 8 heteroatoms. The number of aryl methyl sites for hydroxylation is 1. The van der Waals surface area contributed by atoms with E-state index >= 15 is 0 Å². The van der Waals surface area contributed by atoms with E-state index in [1.165, 1.54) is 11.5 Å². The number of anilines is 2. The Morgan fingerprint density at radius 3 is 3.10 bits per heavy atom. The van der Waals surface area contributed by atoms with Crippen LogP contribution in [0.15, 0.2) is 18.5 Å². The van der Waals surface area contributed by atoms with Crippen LogP contribution in [-0.2, 0) is 6.54 Å². The number of nitrogen functional groups attached to an aromatic ring is 1.